The maximum atomic E-state index is 10.8. The van der Waals surface area contributed by atoms with Crippen LogP contribution in [0.15, 0.2) is 45.3 Å². The molecule has 2 aromatic carbocycles. The monoisotopic (exact) mass is 632 g/mol. The van der Waals surface area contributed by atoms with Gasteiger partial charge in [-0.3, -0.25) is 0 Å². The molecule has 0 bridgehead atoms. The molecule has 0 fully saturated rings. The number of fused-ring (bicyclic) bond motifs is 5. The topological polar surface area (TPSA) is 103 Å². The van der Waals surface area contributed by atoms with Crippen molar-refractivity contribution in [1.29, 1.82) is 0 Å². The SMILES string of the molecule is O=[P+](O)OCCCCn1c2ccc(Br)cc2c2c1c1cc(Br)ccc1n2CCCCO[P+](=O)O. The number of rotatable bonds is 12. The maximum absolute atomic E-state index is 10.8. The summed E-state index contributed by atoms with van der Waals surface area (Å²) in [5.41, 5.74) is 4.54. The molecule has 4 aromatic rings. The molecular formula is C22H24Br2N2O6P2+2. The van der Waals surface area contributed by atoms with Crippen LogP contribution in [0.4, 0.5) is 0 Å². The zero-order chi connectivity index (χ0) is 24.2. The van der Waals surface area contributed by atoms with E-state index in [4.69, 9.17) is 18.8 Å². The second-order valence-electron chi connectivity index (χ2n) is 7.88. The molecule has 2 N–H and O–H groups in total. The summed E-state index contributed by atoms with van der Waals surface area (Å²) in [6, 6.07) is 12.6. The minimum atomic E-state index is -2.57. The predicted octanol–water partition coefficient (Wildman–Crippen LogP) is 7.17. The van der Waals surface area contributed by atoms with E-state index in [1.165, 1.54) is 0 Å². The largest absolute Gasteiger partial charge is 0.694 e. The number of benzene rings is 2. The molecule has 0 aliphatic heterocycles. The van der Waals surface area contributed by atoms with Gasteiger partial charge in [-0.15, -0.1) is 18.8 Å². The molecule has 2 aromatic heterocycles. The van der Waals surface area contributed by atoms with Crippen LogP contribution in [0.1, 0.15) is 25.7 Å². The first-order chi connectivity index (χ1) is 16.4. The molecule has 0 spiro atoms. The van der Waals surface area contributed by atoms with E-state index in [9.17, 15) is 9.13 Å². The fraction of sp³-hybridized carbons (Fsp3) is 0.364. The minimum Gasteiger partial charge on any atom is -0.339 e. The predicted molar refractivity (Wildman–Crippen MR) is 140 cm³/mol. The van der Waals surface area contributed by atoms with Crippen molar-refractivity contribution in [1.82, 2.24) is 9.13 Å². The normalized spacial score (nSPS) is 12.8. The van der Waals surface area contributed by atoms with Crippen molar-refractivity contribution in [2.45, 2.75) is 38.8 Å². The molecule has 180 valence electrons. The Labute approximate surface area is 215 Å². The van der Waals surface area contributed by atoms with Crippen LogP contribution < -0.4 is 0 Å². The molecular weight excluding hydrogens is 610 g/mol. The lowest BCUT2D eigenvalue weighted by Crippen LogP contribution is -1.99. The van der Waals surface area contributed by atoms with Gasteiger partial charge in [0.15, 0.2) is 0 Å². The van der Waals surface area contributed by atoms with Gasteiger partial charge in [-0.25, -0.2) is 0 Å². The van der Waals surface area contributed by atoms with Crippen LogP contribution in [0.5, 0.6) is 0 Å². The van der Waals surface area contributed by atoms with Crippen molar-refractivity contribution in [3.63, 3.8) is 0 Å². The highest BCUT2D eigenvalue weighted by molar-refractivity contribution is 9.10. The number of aryl methyl sites for hydroxylation is 2. The summed E-state index contributed by atoms with van der Waals surface area (Å²) in [5.74, 6) is 0. The Morgan fingerprint density at radius 2 is 1.12 bits per heavy atom. The van der Waals surface area contributed by atoms with Crippen molar-refractivity contribution in [2.24, 2.45) is 0 Å². The van der Waals surface area contributed by atoms with Gasteiger partial charge in [0.1, 0.15) is 13.2 Å². The quantitative estimate of drug-likeness (QED) is 0.127. The second-order valence-corrected chi connectivity index (χ2v) is 11.2. The van der Waals surface area contributed by atoms with Crippen LogP contribution in [0.3, 0.4) is 0 Å². The Balaban J connectivity index is 1.76. The third-order valence-corrected chi connectivity index (χ3v) is 7.52. The Bertz CT molecular complexity index is 1270. The van der Waals surface area contributed by atoms with E-state index in [0.29, 0.717) is 12.8 Å². The highest BCUT2D eigenvalue weighted by Gasteiger charge is 2.21. The molecule has 0 radical (unpaired) electrons. The Kier molecular flexibility index (Phi) is 8.88. The van der Waals surface area contributed by atoms with E-state index in [-0.39, 0.29) is 13.2 Å². The van der Waals surface area contributed by atoms with E-state index in [1.807, 2.05) is 12.1 Å². The lowest BCUT2D eigenvalue weighted by molar-refractivity contribution is 0.272. The number of halogens is 2. The minimum absolute atomic E-state index is 0.244. The van der Waals surface area contributed by atoms with Gasteiger partial charge in [0.05, 0.1) is 22.1 Å². The average molecular weight is 634 g/mol. The first kappa shape index (κ1) is 25.9. The second kappa shape index (κ2) is 11.7. The van der Waals surface area contributed by atoms with E-state index in [2.05, 4.69) is 65.3 Å². The van der Waals surface area contributed by atoms with E-state index in [1.54, 1.807) is 0 Å². The molecule has 12 heteroatoms. The van der Waals surface area contributed by atoms with Crippen LogP contribution in [0.2, 0.25) is 0 Å². The molecule has 0 amide bonds. The van der Waals surface area contributed by atoms with Gasteiger partial charge >= 0.3 is 16.5 Å². The summed E-state index contributed by atoms with van der Waals surface area (Å²) in [7, 11) is -5.14. The number of hydrogen-bond donors (Lipinski definition) is 2. The molecule has 8 nitrogen and oxygen atoms in total. The third-order valence-electron chi connectivity index (χ3n) is 5.73. The van der Waals surface area contributed by atoms with Gasteiger partial charge in [0.25, 0.3) is 0 Å². The number of hydrogen-bond acceptors (Lipinski definition) is 4. The van der Waals surface area contributed by atoms with E-state index in [0.717, 1.165) is 67.7 Å². The van der Waals surface area contributed by atoms with Crippen LogP contribution in [0.25, 0.3) is 32.8 Å². The van der Waals surface area contributed by atoms with Crippen LogP contribution >= 0.6 is 48.4 Å². The standard InChI is InChI=1S/C22H22Br2N2O6P2/c23-15-5-7-19-17(13-15)22-21(25(19)9-1-3-11-31-33(27)28)18-14-16(24)6-8-20(18)26(22)10-2-4-12-32-34(29)30/h5-8,13-14H,1-4,9-12H2/p+2. The molecule has 0 aliphatic rings. The summed E-state index contributed by atoms with van der Waals surface area (Å²) < 4.78 is 37.8. The molecule has 0 aliphatic carbocycles. The fourth-order valence-corrected chi connectivity index (χ4v) is 5.70. The smallest absolute Gasteiger partial charge is 0.339 e. The molecule has 2 heterocycles. The van der Waals surface area contributed by atoms with Gasteiger partial charge in [0, 0.05) is 41.9 Å². The Morgan fingerprint density at radius 1 is 0.706 bits per heavy atom. The summed E-state index contributed by atoms with van der Waals surface area (Å²) in [5, 5.41) is 2.28. The van der Waals surface area contributed by atoms with Gasteiger partial charge in [0.2, 0.25) is 0 Å². The highest BCUT2D eigenvalue weighted by atomic mass is 79.9. The van der Waals surface area contributed by atoms with Crippen molar-refractivity contribution in [3.05, 3.63) is 45.3 Å². The first-order valence-electron chi connectivity index (χ1n) is 10.8. The molecule has 4 rings (SSSR count). The number of unbranched alkanes of at least 4 members (excludes halogenated alkanes) is 2. The van der Waals surface area contributed by atoms with E-state index < -0.39 is 16.5 Å². The number of aromatic nitrogens is 2. The van der Waals surface area contributed by atoms with Crippen LogP contribution in [0, 0.1) is 0 Å². The Hall–Kier alpha value is -1.22. The molecule has 0 saturated heterocycles. The molecule has 2 unspecified atom stereocenters. The van der Waals surface area contributed by atoms with Crippen LogP contribution in [-0.4, -0.2) is 32.1 Å². The third kappa shape index (κ3) is 5.77. The van der Waals surface area contributed by atoms with E-state index >= 15 is 0 Å². The molecule has 2 atom stereocenters. The Morgan fingerprint density at radius 3 is 1.50 bits per heavy atom. The first-order valence-corrected chi connectivity index (χ1v) is 14.7. The summed E-state index contributed by atoms with van der Waals surface area (Å²) in [4.78, 5) is 17.7. The van der Waals surface area contributed by atoms with Crippen molar-refractivity contribution in [2.75, 3.05) is 13.2 Å². The molecule has 0 saturated carbocycles. The van der Waals surface area contributed by atoms with Gasteiger partial charge in [-0.2, -0.15) is 0 Å². The lowest BCUT2D eigenvalue weighted by atomic mass is 10.2. The number of nitrogens with zero attached hydrogens (tertiary/aromatic N) is 2. The van der Waals surface area contributed by atoms with Gasteiger partial charge < -0.3 is 9.13 Å². The summed E-state index contributed by atoms with van der Waals surface area (Å²) in [6.45, 7) is 1.98. The summed E-state index contributed by atoms with van der Waals surface area (Å²) in [6.07, 6.45) is 2.95. The zero-order valence-electron chi connectivity index (χ0n) is 18.2. The average Bonchev–Trinajstić information content (AvgIpc) is 3.25. The van der Waals surface area contributed by atoms with Crippen molar-refractivity contribution in [3.8, 4) is 0 Å². The zero-order valence-corrected chi connectivity index (χ0v) is 23.2. The van der Waals surface area contributed by atoms with Gasteiger partial charge in [-0.05, 0) is 62.1 Å². The highest BCUT2D eigenvalue weighted by Crippen LogP contribution is 2.39. The summed E-state index contributed by atoms with van der Waals surface area (Å²) >= 11 is 7.24. The maximum Gasteiger partial charge on any atom is 0.694 e. The molecule has 34 heavy (non-hydrogen) atoms. The fourth-order valence-electron chi connectivity index (χ4n) is 4.40. The van der Waals surface area contributed by atoms with Gasteiger partial charge in [-0.1, -0.05) is 31.9 Å². The van der Waals surface area contributed by atoms with Crippen molar-refractivity contribution >= 4 is 81.2 Å². The van der Waals surface area contributed by atoms with Crippen molar-refractivity contribution < 1.29 is 28.0 Å². The van der Waals surface area contributed by atoms with Crippen LogP contribution in [-0.2, 0) is 31.3 Å². The lowest BCUT2D eigenvalue weighted by Gasteiger charge is -2.09.